The normalized spacial score (nSPS) is 10.1. The number of pyridine rings is 1. The molecule has 0 atom stereocenters. The minimum atomic E-state index is -0.537. The van der Waals surface area contributed by atoms with E-state index in [1.54, 1.807) is 0 Å². The van der Waals surface area contributed by atoms with E-state index < -0.39 is 10.8 Å². The van der Waals surface area contributed by atoms with Gasteiger partial charge in [0, 0.05) is 22.7 Å². The Morgan fingerprint density at radius 1 is 1.30 bits per heavy atom. The van der Waals surface area contributed by atoms with Crippen LogP contribution < -0.4 is 10.9 Å². The fourth-order valence-electron chi connectivity index (χ4n) is 1.49. The Balaban J connectivity index is 2.24. The summed E-state index contributed by atoms with van der Waals surface area (Å²) in [7, 11) is 0. The smallest absolute Gasteiger partial charge is 0.272 e. The van der Waals surface area contributed by atoms with Crippen molar-refractivity contribution in [1.82, 2.24) is 4.98 Å². The van der Waals surface area contributed by atoms with Gasteiger partial charge in [-0.2, -0.15) is 0 Å². The average Bonchev–Trinajstić information content (AvgIpc) is 2.40. The van der Waals surface area contributed by atoms with Crippen molar-refractivity contribution in [3.8, 4) is 0 Å². The molecule has 2 aromatic rings. The largest absolute Gasteiger partial charge is 0.320 e. The molecule has 7 nitrogen and oxygen atoms in total. The van der Waals surface area contributed by atoms with Gasteiger partial charge in [-0.25, -0.2) is 0 Å². The van der Waals surface area contributed by atoms with E-state index in [0.29, 0.717) is 10.2 Å². The molecule has 20 heavy (non-hydrogen) atoms. The van der Waals surface area contributed by atoms with Crippen molar-refractivity contribution in [2.75, 3.05) is 5.32 Å². The van der Waals surface area contributed by atoms with Crippen LogP contribution in [0.25, 0.3) is 0 Å². The highest BCUT2D eigenvalue weighted by Crippen LogP contribution is 2.27. The Hall–Kier alpha value is -2.48. The third kappa shape index (κ3) is 3.09. The first-order valence-corrected chi connectivity index (χ1v) is 6.21. The lowest BCUT2D eigenvalue weighted by atomic mass is 10.2. The van der Waals surface area contributed by atoms with Crippen LogP contribution >= 0.6 is 15.9 Å². The Bertz CT molecular complexity index is 741. The maximum absolute atomic E-state index is 11.9. The predicted octanol–water partition coefficient (Wildman–Crippen LogP) is 2.30. The standard InChI is InChI=1S/C12H8BrN3O4/c13-8-6-7(16(19)20)4-5-9(8)15-12(18)10-2-1-3-11(17)14-10/h1-6H,(H,14,17)(H,15,18). The van der Waals surface area contributed by atoms with Gasteiger partial charge < -0.3 is 10.3 Å². The highest BCUT2D eigenvalue weighted by atomic mass is 79.9. The van der Waals surface area contributed by atoms with E-state index in [9.17, 15) is 19.7 Å². The molecule has 0 aliphatic carbocycles. The number of H-pyrrole nitrogens is 1. The molecule has 1 aromatic carbocycles. The first-order valence-electron chi connectivity index (χ1n) is 5.42. The van der Waals surface area contributed by atoms with E-state index in [1.807, 2.05) is 0 Å². The van der Waals surface area contributed by atoms with Crippen LogP contribution in [-0.4, -0.2) is 15.8 Å². The molecule has 0 aliphatic heterocycles. The number of carbonyl (C=O) groups is 1. The van der Waals surface area contributed by atoms with Crippen molar-refractivity contribution in [1.29, 1.82) is 0 Å². The van der Waals surface area contributed by atoms with Crippen molar-refractivity contribution >= 4 is 33.2 Å². The second-order valence-electron chi connectivity index (χ2n) is 3.80. The molecule has 0 saturated carbocycles. The molecule has 102 valence electrons. The molecule has 0 radical (unpaired) electrons. The maximum atomic E-state index is 11.9. The number of aromatic nitrogens is 1. The lowest BCUT2D eigenvalue weighted by Gasteiger charge is -2.06. The number of halogens is 1. The molecule has 1 amide bonds. The lowest BCUT2D eigenvalue weighted by molar-refractivity contribution is -0.384. The van der Waals surface area contributed by atoms with Crippen molar-refractivity contribution < 1.29 is 9.72 Å². The molecule has 1 aromatic heterocycles. The summed E-state index contributed by atoms with van der Waals surface area (Å²) in [6.07, 6.45) is 0. The molecule has 0 saturated heterocycles. The lowest BCUT2D eigenvalue weighted by Crippen LogP contribution is -2.18. The zero-order chi connectivity index (χ0) is 14.7. The molecular weight excluding hydrogens is 330 g/mol. The number of nitrogens with zero attached hydrogens (tertiary/aromatic N) is 1. The number of hydrogen-bond acceptors (Lipinski definition) is 4. The van der Waals surface area contributed by atoms with Crippen LogP contribution in [0.4, 0.5) is 11.4 Å². The number of non-ortho nitro benzene ring substituents is 1. The van der Waals surface area contributed by atoms with Gasteiger partial charge in [0.1, 0.15) is 5.69 Å². The fraction of sp³-hybridized carbons (Fsp3) is 0. The summed E-state index contributed by atoms with van der Waals surface area (Å²) in [6, 6.07) is 8.16. The fourth-order valence-corrected chi connectivity index (χ4v) is 1.95. The summed E-state index contributed by atoms with van der Waals surface area (Å²) in [5, 5.41) is 13.1. The van der Waals surface area contributed by atoms with Gasteiger partial charge in [-0.3, -0.25) is 19.7 Å². The highest BCUT2D eigenvalue weighted by molar-refractivity contribution is 9.10. The van der Waals surface area contributed by atoms with Crippen molar-refractivity contribution in [3.05, 3.63) is 67.0 Å². The second-order valence-corrected chi connectivity index (χ2v) is 4.66. The number of amides is 1. The monoisotopic (exact) mass is 337 g/mol. The van der Waals surface area contributed by atoms with E-state index in [2.05, 4.69) is 26.2 Å². The topological polar surface area (TPSA) is 105 Å². The van der Waals surface area contributed by atoms with Gasteiger partial charge in [-0.1, -0.05) is 6.07 Å². The number of hydrogen-bond donors (Lipinski definition) is 2. The van der Waals surface area contributed by atoms with Crippen LogP contribution in [-0.2, 0) is 0 Å². The summed E-state index contributed by atoms with van der Waals surface area (Å²) < 4.78 is 0.373. The van der Waals surface area contributed by atoms with Gasteiger partial charge in [0.05, 0.1) is 10.6 Å². The number of aromatic amines is 1. The van der Waals surface area contributed by atoms with E-state index in [-0.39, 0.29) is 16.9 Å². The van der Waals surface area contributed by atoms with E-state index >= 15 is 0 Å². The van der Waals surface area contributed by atoms with Gasteiger partial charge in [0.25, 0.3) is 11.6 Å². The Kier molecular flexibility index (Phi) is 3.94. The van der Waals surface area contributed by atoms with Crippen LogP contribution in [0.1, 0.15) is 10.5 Å². The van der Waals surface area contributed by atoms with Gasteiger partial charge in [0.15, 0.2) is 0 Å². The average molecular weight is 338 g/mol. The number of nitro groups is 1. The molecule has 1 heterocycles. The molecule has 0 spiro atoms. The van der Waals surface area contributed by atoms with Gasteiger partial charge in [-0.15, -0.1) is 0 Å². The van der Waals surface area contributed by atoms with Crippen LogP contribution in [0, 0.1) is 10.1 Å². The van der Waals surface area contributed by atoms with Gasteiger partial charge in [0.2, 0.25) is 5.56 Å². The Morgan fingerprint density at radius 2 is 2.05 bits per heavy atom. The van der Waals surface area contributed by atoms with Crippen LogP contribution in [0.2, 0.25) is 0 Å². The van der Waals surface area contributed by atoms with E-state index in [4.69, 9.17) is 0 Å². The van der Waals surface area contributed by atoms with Crippen molar-refractivity contribution in [3.63, 3.8) is 0 Å². The minimum absolute atomic E-state index is 0.0945. The first-order chi connectivity index (χ1) is 9.47. The third-order valence-corrected chi connectivity index (χ3v) is 3.08. The van der Waals surface area contributed by atoms with Crippen molar-refractivity contribution in [2.45, 2.75) is 0 Å². The molecule has 0 aliphatic rings. The quantitative estimate of drug-likeness (QED) is 0.662. The SMILES string of the molecule is O=C(Nc1ccc([N+](=O)[O-])cc1Br)c1cccc(=O)[nH]1. The maximum Gasteiger partial charge on any atom is 0.272 e. The highest BCUT2D eigenvalue weighted by Gasteiger charge is 2.12. The number of carbonyl (C=O) groups excluding carboxylic acids is 1. The zero-order valence-corrected chi connectivity index (χ0v) is 11.5. The minimum Gasteiger partial charge on any atom is -0.320 e. The number of nitro benzene ring substituents is 1. The van der Waals surface area contributed by atoms with Crippen LogP contribution in [0.5, 0.6) is 0 Å². The summed E-state index contributed by atoms with van der Waals surface area (Å²) in [4.78, 5) is 35.5. The molecule has 0 fully saturated rings. The molecule has 0 bridgehead atoms. The zero-order valence-electron chi connectivity index (χ0n) is 9.92. The summed E-state index contributed by atoms with van der Waals surface area (Å²) in [5.41, 5.74) is -0.0172. The second kappa shape index (κ2) is 5.66. The van der Waals surface area contributed by atoms with Gasteiger partial charge in [-0.05, 0) is 28.1 Å². The molecule has 0 unspecified atom stereocenters. The summed E-state index contributed by atoms with van der Waals surface area (Å²) >= 11 is 3.14. The van der Waals surface area contributed by atoms with Crippen LogP contribution in [0.3, 0.4) is 0 Å². The molecule has 2 rings (SSSR count). The van der Waals surface area contributed by atoms with Crippen LogP contribution in [0.15, 0.2) is 45.7 Å². The van der Waals surface area contributed by atoms with Gasteiger partial charge >= 0.3 is 0 Å². The number of benzene rings is 1. The van der Waals surface area contributed by atoms with E-state index in [1.165, 1.54) is 36.4 Å². The molecule has 8 heteroatoms. The summed E-state index contributed by atoms with van der Waals surface area (Å²) in [6.45, 7) is 0. The molecular formula is C12H8BrN3O4. The van der Waals surface area contributed by atoms with E-state index in [0.717, 1.165) is 0 Å². The number of anilines is 1. The Labute approximate surface area is 120 Å². The third-order valence-electron chi connectivity index (χ3n) is 2.42. The predicted molar refractivity (Wildman–Crippen MR) is 75.8 cm³/mol. The first kappa shape index (κ1) is 13.9. The number of rotatable bonds is 3. The molecule has 2 N–H and O–H groups in total. The Morgan fingerprint density at radius 3 is 2.65 bits per heavy atom. The van der Waals surface area contributed by atoms with Crippen molar-refractivity contribution in [2.24, 2.45) is 0 Å². The number of nitrogens with one attached hydrogen (secondary N) is 2. The summed E-state index contributed by atoms with van der Waals surface area (Å²) in [5.74, 6) is -0.516.